The maximum Gasteiger partial charge on any atom is 0.365 e. The molecule has 0 fully saturated rings. The maximum atomic E-state index is 12.5. The quantitative estimate of drug-likeness (QED) is 0.780. The number of thiazole rings is 1. The monoisotopic (exact) mass is 193 g/mol. The maximum absolute atomic E-state index is 12.5. The molecule has 1 heterocycles. The van der Waals surface area contributed by atoms with Crippen LogP contribution in [0.2, 0.25) is 0 Å². The minimum absolute atomic E-state index is 0.313. The van der Waals surface area contributed by atoms with Crippen molar-refractivity contribution >= 4 is 17.3 Å². The first kappa shape index (κ1) is 9.05. The number of halogens is 2. The Kier molecular flexibility index (Phi) is 2.10. The van der Waals surface area contributed by atoms with Crippen molar-refractivity contribution in [2.24, 2.45) is 0 Å². The Hall–Kier alpha value is -1.04. The SMILES string of the molecule is CC(F)(F)c1cnc(C(=O)O)s1. The highest BCUT2D eigenvalue weighted by molar-refractivity contribution is 7.13. The first-order chi connectivity index (χ1) is 5.41. The summed E-state index contributed by atoms with van der Waals surface area (Å²) in [7, 11) is 0. The summed E-state index contributed by atoms with van der Waals surface area (Å²) < 4.78 is 25.0. The van der Waals surface area contributed by atoms with Crippen LogP contribution in [-0.4, -0.2) is 16.1 Å². The van der Waals surface area contributed by atoms with Crippen LogP contribution in [0, 0.1) is 0 Å². The molecule has 0 saturated heterocycles. The molecule has 0 aromatic carbocycles. The molecule has 1 rings (SSSR count). The van der Waals surface area contributed by atoms with Gasteiger partial charge in [-0.3, -0.25) is 0 Å². The van der Waals surface area contributed by atoms with E-state index in [1.165, 1.54) is 0 Å². The van der Waals surface area contributed by atoms with E-state index in [1.54, 1.807) is 0 Å². The predicted octanol–water partition coefficient (Wildman–Crippen LogP) is 1.95. The van der Waals surface area contributed by atoms with Gasteiger partial charge >= 0.3 is 5.97 Å². The first-order valence-electron chi connectivity index (χ1n) is 2.98. The van der Waals surface area contributed by atoms with Crippen molar-refractivity contribution in [1.29, 1.82) is 0 Å². The second-order valence-electron chi connectivity index (χ2n) is 2.22. The van der Waals surface area contributed by atoms with Gasteiger partial charge in [0.2, 0.25) is 5.01 Å². The number of alkyl halides is 2. The summed E-state index contributed by atoms with van der Waals surface area (Å²) in [4.78, 5) is 13.2. The van der Waals surface area contributed by atoms with Crippen molar-refractivity contribution in [2.45, 2.75) is 12.8 Å². The van der Waals surface area contributed by atoms with Gasteiger partial charge in [0.05, 0.1) is 4.88 Å². The van der Waals surface area contributed by atoms with Crippen LogP contribution in [0.25, 0.3) is 0 Å². The third-order valence-corrected chi connectivity index (χ3v) is 2.28. The van der Waals surface area contributed by atoms with Crippen LogP contribution in [0.5, 0.6) is 0 Å². The average molecular weight is 193 g/mol. The molecule has 3 nitrogen and oxygen atoms in total. The average Bonchev–Trinajstić information content (AvgIpc) is 2.30. The molecule has 0 unspecified atom stereocenters. The van der Waals surface area contributed by atoms with Gasteiger partial charge in [-0.2, -0.15) is 0 Å². The lowest BCUT2D eigenvalue weighted by molar-refractivity contribution is 0.0213. The van der Waals surface area contributed by atoms with Crippen LogP contribution in [-0.2, 0) is 5.92 Å². The van der Waals surface area contributed by atoms with Crippen LogP contribution in [0.3, 0.4) is 0 Å². The molecule has 0 aliphatic heterocycles. The number of carbonyl (C=O) groups is 1. The Morgan fingerprint density at radius 2 is 2.33 bits per heavy atom. The molecule has 1 aromatic heterocycles. The molecule has 66 valence electrons. The van der Waals surface area contributed by atoms with Gasteiger partial charge < -0.3 is 5.11 Å². The Morgan fingerprint density at radius 1 is 1.75 bits per heavy atom. The van der Waals surface area contributed by atoms with E-state index in [0.717, 1.165) is 6.20 Å². The van der Waals surface area contributed by atoms with Crippen molar-refractivity contribution in [1.82, 2.24) is 4.98 Å². The molecule has 0 amide bonds. The molecule has 0 aliphatic carbocycles. The van der Waals surface area contributed by atoms with E-state index < -0.39 is 11.9 Å². The number of hydrogen-bond acceptors (Lipinski definition) is 3. The van der Waals surface area contributed by atoms with Gasteiger partial charge in [-0.1, -0.05) is 0 Å². The van der Waals surface area contributed by atoms with E-state index >= 15 is 0 Å². The molecule has 0 atom stereocenters. The number of hydrogen-bond donors (Lipinski definition) is 1. The van der Waals surface area contributed by atoms with Crippen LogP contribution < -0.4 is 0 Å². The summed E-state index contributed by atoms with van der Waals surface area (Å²) in [5, 5.41) is 8.05. The molecule has 1 N–H and O–H groups in total. The number of carboxylic acids is 1. The van der Waals surface area contributed by atoms with Crippen LogP contribution in [0.4, 0.5) is 8.78 Å². The Labute approximate surface area is 70.7 Å². The lowest BCUT2D eigenvalue weighted by atomic mass is 10.3. The topological polar surface area (TPSA) is 50.2 Å². The molecule has 0 radical (unpaired) electrons. The Balaban J connectivity index is 3.00. The summed E-state index contributed by atoms with van der Waals surface area (Å²) >= 11 is 0.487. The summed E-state index contributed by atoms with van der Waals surface area (Å²) in [6.45, 7) is 0.701. The molecular weight excluding hydrogens is 188 g/mol. The molecule has 1 aromatic rings. The van der Waals surface area contributed by atoms with E-state index in [-0.39, 0.29) is 9.88 Å². The van der Waals surface area contributed by atoms with Gasteiger partial charge in [0.15, 0.2) is 0 Å². The normalized spacial score (nSPS) is 11.6. The molecule has 0 bridgehead atoms. The summed E-state index contributed by atoms with van der Waals surface area (Å²) in [6, 6.07) is 0. The summed E-state index contributed by atoms with van der Waals surface area (Å²) in [5.74, 6) is -4.29. The zero-order valence-corrected chi connectivity index (χ0v) is 6.86. The molecule has 0 saturated carbocycles. The fraction of sp³-hybridized carbons (Fsp3) is 0.333. The van der Waals surface area contributed by atoms with Gasteiger partial charge in [-0.25, -0.2) is 18.6 Å². The van der Waals surface area contributed by atoms with Crippen molar-refractivity contribution in [2.75, 3.05) is 0 Å². The van der Waals surface area contributed by atoms with Crippen molar-refractivity contribution < 1.29 is 18.7 Å². The van der Waals surface area contributed by atoms with E-state index in [4.69, 9.17) is 5.11 Å². The lowest BCUT2D eigenvalue weighted by Gasteiger charge is -2.03. The Bertz CT molecular complexity index is 305. The van der Waals surface area contributed by atoms with Crippen molar-refractivity contribution in [3.8, 4) is 0 Å². The molecule has 0 aliphatic rings. The van der Waals surface area contributed by atoms with Gasteiger partial charge in [0, 0.05) is 13.1 Å². The lowest BCUT2D eigenvalue weighted by Crippen LogP contribution is -2.03. The van der Waals surface area contributed by atoms with Gasteiger partial charge in [0.1, 0.15) is 0 Å². The van der Waals surface area contributed by atoms with E-state index in [9.17, 15) is 13.6 Å². The number of aromatic nitrogens is 1. The highest BCUT2D eigenvalue weighted by atomic mass is 32.1. The van der Waals surface area contributed by atoms with Crippen LogP contribution in [0.15, 0.2) is 6.20 Å². The van der Waals surface area contributed by atoms with E-state index in [1.807, 2.05) is 0 Å². The number of rotatable bonds is 2. The van der Waals surface area contributed by atoms with Gasteiger partial charge in [0.25, 0.3) is 5.92 Å². The third kappa shape index (κ3) is 1.76. The number of aromatic carboxylic acids is 1. The molecular formula is C6H5F2NO2S. The molecule has 12 heavy (non-hydrogen) atoms. The highest BCUT2D eigenvalue weighted by Crippen LogP contribution is 2.31. The molecule has 6 heteroatoms. The highest BCUT2D eigenvalue weighted by Gasteiger charge is 2.28. The minimum Gasteiger partial charge on any atom is -0.476 e. The van der Waals surface area contributed by atoms with Crippen molar-refractivity contribution in [3.05, 3.63) is 16.1 Å². The van der Waals surface area contributed by atoms with E-state index in [2.05, 4.69) is 4.98 Å². The van der Waals surface area contributed by atoms with Crippen LogP contribution >= 0.6 is 11.3 Å². The summed E-state index contributed by atoms with van der Waals surface area (Å²) in [5.41, 5.74) is 0. The zero-order valence-electron chi connectivity index (χ0n) is 6.04. The van der Waals surface area contributed by atoms with Crippen molar-refractivity contribution in [3.63, 3.8) is 0 Å². The fourth-order valence-corrected chi connectivity index (χ4v) is 1.26. The van der Waals surface area contributed by atoms with Gasteiger partial charge in [-0.15, -0.1) is 11.3 Å². The second kappa shape index (κ2) is 2.78. The minimum atomic E-state index is -3.01. The first-order valence-corrected chi connectivity index (χ1v) is 3.80. The predicted molar refractivity (Wildman–Crippen MR) is 38.6 cm³/mol. The second-order valence-corrected chi connectivity index (χ2v) is 3.25. The fourth-order valence-electron chi connectivity index (χ4n) is 0.576. The zero-order chi connectivity index (χ0) is 9.35. The van der Waals surface area contributed by atoms with Crippen LogP contribution in [0.1, 0.15) is 21.6 Å². The number of nitrogens with zero attached hydrogens (tertiary/aromatic N) is 1. The smallest absolute Gasteiger partial charge is 0.365 e. The molecule has 0 spiro atoms. The largest absolute Gasteiger partial charge is 0.476 e. The van der Waals surface area contributed by atoms with E-state index in [0.29, 0.717) is 18.3 Å². The third-order valence-electron chi connectivity index (χ3n) is 1.12. The standard InChI is InChI=1S/C6H5F2NO2S/c1-6(7,8)3-2-9-4(12-3)5(10)11/h2H,1H3,(H,10,11). The summed E-state index contributed by atoms with van der Waals surface area (Å²) in [6.07, 6.45) is 0.883. The number of carboxylic acid groups (broad SMARTS) is 1. The van der Waals surface area contributed by atoms with Gasteiger partial charge in [-0.05, 0) is 0 Å². The Morgan fingerprint density at radius 3 is 2.58 bits per heavy atom.